The van der Waals surface area contributed by atoms with E-state index < -0.39 is 10.9 Å². The van der Waals surface area contributed by atoms with Gasteiger partial charge in [-0.05, 0) is 70.8 Å². The quantitative estimate of drug-likeness (QED) is 0.136. The molecule has 0 aliphatic carbocycles. The van der Waals surface area contributed by atoms with Gasteiger partial charge in [-0.2, -0.15) is 0 Å². The average Bonchev–Trinajstić information content (AvgIpc) is 2.86. The summed E-state index contributed by atoms with van der Waals surface area (Å²) in [6.45, 7) is 0. The molecule has 0 fully saturated rings. The normalized spacial score (nSPS) is 11.9. The Hall–Kier alpha value is -0.750. The van der Waals surface area contributed by atoms with Gasteiger partial charge in [-0.25, -0.2) is 0 Å². The number of halogens is 8. The fraction of sp³-hybridized carbons (Fsp3) is 0.143. The summed E-state index contributed by atoms with van der Waals surface area (Å²) in [6.07, 6.45) is 1.31. The van der Waals surface area contributed by atoms with Crippen LogP contribution in [0.4, 0.5) is 0 Å². The molecule has 0 atom stereocenters. The van der Waals surface area contributed by atoms with Gasteiger partial charge in [0, 0.05) is 51.1 Å². The Labute approximate surface area is 275 Å². The molecule has 0 radical (unpaired) electrons. The number of hydrogen-bond acceptors (Lipinski definition) is 2. The van der Waals surface area contributed by atoms with Crippen LogP contribution in [0.2, 0.25) is 52.8 Å². The summed E-state index contributed by atoms with van der Waals surface area (Å²) in [6, 6.07) is 21.0. The summed E-state index contributed by atoms with van der Waals surface area (Å²) < 4.78 is 0. The van der Waals surface area contributed by atoms with Crippen molar-refractivity contribution in [3.8, 4) is 0 Å². The third-order valence-corrected chi connectivity index (χ3v) is 9.23. The molecule has 0 bridgehead atoms. The van der Waals surface area contributed by atoms with Crippen LogP contribution in [0.5, 0.6) is 0 Å². The highest BCUT2D eigenvalue weighted by Gasteiger charge is 2.37. The van der Waals surface area contributed by atoms with Gasteiger partial charge in [0.25, 0.3) is 0 Å². The van der Waals surface area contributed by atoms with E-state index in [1.54, 1.807) is 48.5 Å². The highest BCUT2D eigenvalue weighted by molar-refractivity contribution is 6.50. The molecule has 206 valence electrons. The highest BCUT2D eigenvalue weighted by atomic mass is 35.5. The van der Waals surface area contributed by atoms with Gasteiger partial charge in [0.05, 0.1) is 0 Å². The van der Waals surface area contributed by atoms with Crippen molar-refractivity contribution in [2.45, 2.75) is 23.5 Å². The molecule has 4 rings (SSSR count). The van der Waals surface area contributed by atoms with Crippen LogP contribution >= 0.6 is 92.8 Å². The zero-order valence-electron chi connectivity index (χ0n) is 20.9. The molecular weight excluding hydrogens is 670 g/mol. The van der Waals surface area contributed by atoms with Crippen LogP contribution in [0.3, 0.4) is 0 Å². The van der Waals surface area contributed by atoms with Crippen molar-refractivity contribution in [3.05, 3.63) is 135 Å². The average molecular weight is 692 g/mol. The molecule has 0 aromatic heterocycles. The molecule has 0 saturated heterocycles. The number of benzene rings is 4. The second-order valence-corrected chi connectivity index (χ2v) is 13.0. The van der Waals surface area contributed by atoms with E-state index in [2.05, 4.69) is 0 Å². The van der Waals surface area contributed by atoms with Gasteiger partial charge in [0.1, 0.15) is 0 Å². The number of nitrogens with two attached hydrogens (primary N) is 2. The van der Waals surface area contributed by atoms with E-state index in [1.807, 2.05) is 24.3 Å². The zero-order chi connectivity index (χ0) is 29.2. The molecule has 12 heteroatoms. The van der Waals surface area contributed by atoms with Crippen molar-refractivity contribution in [1.29, 1.82) is 0 Å². The molecule has 40 heavy (non-hydrogen) atoms. The van der Waals surface area contributed by atoms with Crippen molar-refractivity contribution in [3.63, 3.8) is 0 Å². The van der Waals surface area contributed by atoms with Gasteiger partial charge >= 0.3 is 0 Å². The summed E-state index contributed by atoms with van der Waals surface area (Å²) in [4.78, 5) is 0. The van der Waals surface area contributed by atoms with Crippen LogP contribution < -0.4 is 11.5 Å². The van der Waals surface area contributed by atoms with E-state index in [0.29, 0.717) is 89.6 Å². The molecule has 0 saturated carbocycles. The zero-order valence-corrected chi connectivity index (χ0v) is 27.0. The summed E-state index contributed by atoms with van der Waals surface area (Å²) in [7, 11) is 0.989. The van der Waals surface area contributed by atoms with E-state index in [4.69, 9.17) is 104 Å². The van der Waals surface area contributed by atoms with Crippen molar-refractivity contribution in [2.75, 3.05) is 0 Å². The fourth-order valence-corrected chi connectivity index (χ4v) is 7.35. The molecule has 0 amide bonds. The first-order chi connectivity index (χ1) is 18.8. The fourth-order valence-electron chi connectivity index (χ4n) is 5.04. The van der Waals surface area contributed by atoms with Gasteiger partial charge in [-0.1, -0.05) is 130 Å². The minimum atomic E-state index is -1.03. The monoisotopic (exact) mass is 688 g/mol. The Bertz CT molecular complexity index is 1330. The molecule has 4 aromatic carbocycles. The summed E-state index contributed by atoms with van der Waals surface area (Å²) in [5, 5.41) is 3.78. The van der Waals surface area contributed by atoms with Gasteiger partial charge < -0.3 is 11.5 Å². The lowest BCUT2D eigenvalue weighted by atomic mass is 9.44. The maximum absolute atomic E-state index is 7.14. The lowest BCUT2D eigenvalue weighted by Gasteiger charge is -2.34. The second-order valence-electron chi connectivity index (χ2n) is 9.65. The van der Waals surface area contributed by atoms with E-state index in [9.17, 15) is 0 Å². The highest BCUT2D eigenvalue weighted by Crippen LogP contribution is 2.40. The van der Waals surface area contributed by atoms with Gasteiger partial charge in [0.2, 0.25) is 0 Å². The smallest absolute Gasteiger partial charge is 0.157 e. The molecule has 2 nitrogen and oxygen atoms in total. The number of hydrogen-bond donors (Lipinski definition) is 2. The molecule has 0 unspecified atom stereocenters. The SMILES string of the molecule is NC(BCCBC(N)(c1ccc(Cl)cc1Cl)c1ccc(Cl)cc1Cl)(c1ccc(Cl)cc1Cl)c1ccc(Cl)cc1Cl. The van der Waals surface area contributed by atoms with Crippen LogP contribution in [0.1, 0.15) is 22.3 Å². The Morgan fingerprint density at radius 1 is 0.425 bits per heavy atom. The first kappa shape index (κ1) is 32.2. The minimum absolute atomic E-state index is 0.440. The van der Waals surface area contributed by atoms with Crippen molar-refractivity contribution >= 4 is 107 Å². The van der Waals surface area contributed by atoms with Crippen LogP contribution in [0.15, 0.2) is 72.8 Å². The largest absolute Gasteiger partial charge is 0.324 e. The molecular formula is C28H22B2Cl8N2. The van der Waals surface area contributed by atoms with Gasteiger partial charge in [0.15, 0.2) is 14.6 Å². The predicted octanol–water partition coefficient (Wildman–Crippen LogP) is 9.64. The van der Waals surface area contributed by atoms with E-state index in [0.717, 1.165) is 0 Å². The van der Waals surface area contributed by atoms with Crippen LogP contribution in [-0.4, -0.2) is 14.6 Å². The molecule has 0 spiro atoms. The van der Waals surface area contributed by atoms with Crippen LogP contribution in [-0.2, 0) is 10.9 Å². The van der Waals surface area contributed by atoms with Crippen LogP contribution in [0.25, 0.3) is 0 Å². The Morgan fingerprint density at radius 2 is 0.650 bits per heavy atom. The maximum Gasteiger partial charge on any atom is 0.157 e. The second kappa shape index (κ2) is 13.3. The van der Waals surface area contributed by atoms with Gasteiger partial charge in [-0.15, -0.1) is 0 Å². The summed E-state index contributed by atoms with van der Waals surface area (Å²) in [5.74, 6) is 0. The summed E-state index contributed by atoms with van der Waals surface area (Å²) >= 11 is 51.3. The van der Waals surface area contributed by atoms with Crippen molar-refractivity contribution in [1.82, 2.24) is 0 Å². The first-order valence-electron chi connectivity index (χ1n) is 12.2. The Kier molecular flexibility index (Phi) is 10.7. The maximum atomic E-state index is 7.14. The molecule has 0 aliphatic rings. The predicted molar refractivity (Wildman–Crippen MR) is 180 cm³/mol. The first-order valence-corrected chi connectivity index (χ1v) is 15.3. The topological polar surface area (TPSA) is 52.0 Å². The van der Waals surface area contributed by atoms with Crippen LogP contribution in [0, 0.1) is 0 Å². The molecule has 4 aromatic rings. The van der Waals surface area contributed by atoms with Crippen molar-refractivity contribution in [2.24, 2.45) is 11.5 Å². The summed E-state index contributed by atoms with van der Waals surface area (Å²) in [5.41, 5.74) is 15.0. The Balaban J connectivity index is 1.68. The van der Waals surface area contributed by atoms with Gasteiger partial charge in [-0.3, -0.25) is 0 Å². The molecule has 0 heterocycles. The third kappa shape index (κ3) is 6.90. The Morgan fingerprint density at radius 3 is 0.850 bits per heavy atom. The van der Waals surface area contributed by atoms with E-state index in [1.165, 1.54) is 0 Å². The van der Waals surface area contributed by atoms with Crippen molar-refractivity contribution < 1.29 is 0 Å². The molecule has 0 aliphatic heterocycles. The lowest BCUT2D eigenvalue weighted by Crippen LogP contribution is -2.46. The minimum Gasteiger partial charge on any atom is -0.324 e. The standard InChI is InChI=1S/C28H22B2Cl8N2/c31-15-1-5-19(23(35)11-15)27(39,20-6-2-16(32)12-24(20)36)29-9-10-30-28(40,21-7-3-17(33)13-25(21)37)22-8-4-18(34)14-26(22)38/h1-8,11-14,29-30H,9-10,39-40H2. The van der Waals surface area contributed by atoms with E-state index >= 15 is 0 Å². The lowest BCUT2D eigenvalue weighted by molar-refractivity contribution is 0.748. The number of rotatable bonds is 9. The van der Waals surface area contributed by atoms with E-state index in [-0.39, 0.29) is 0 Å². The third-order valence-electron chi connectivity index (χ3n) is 7.04. The molecule has 4 N–H and O–H groups in total.